The van der Waals surface area contributed by atoms with E-state index in [2.05, 4.69) is 21.3 Å². The molecule has 0 aromatic heterocycles. The Hall–Kier alpha value is -2.21. The number of amides is 4. The van der Waals surface area contributed by atoms with Crippen molar-refractivity contribution in [1.82, 2.24) is 21.3 Å². The van der Waals surface area contributed by atoms with Crippen molar-refractivity contribution in [2.24, 2.45) is 0 Å². The predicted molar refractivity (Wildman–Crippen MR) is 109 cm³/mol. The first-order valence-corrected chi connectivity index (χ1v) is 11.6. The molecule has 1 saturated heterocycles. The van der Waals surface area contributed by atoms with Gasteiger partial charge in [0.05, 0.1) is 13.0 Å². The second-order valence-electron chi connectivity index (χ2n) is 6.40. The molecular weight excluding hydrogens is 420 g/mol. The number of hydrogen-bond donors (Lipinski definition) is 4. The number of carbonyl (C=O) groups is 5. The van der Waals surface area contributed by atoms with Crippen molar-refractivity contribution in [1.29, 1.82) is 0 Å². The monoisotopic (exact) mass is 444 g/mol. The zero-order valence-corrected chi connectivity index (χ0v) is 17.5. The lowest BCUT2D eigenvalue weighted by molar-refractivity contribution is -0.148. The quantitative estimate of drug-likeness (QED) is 0.209. The summed E-state index contributed by atoms with van der Waals surface area (Å²) in [6.45, 7) is 0.764. The summed E-state index contributed by atoms with van der Waals surface area (Å²) >= 11 is 0. The number of fused-ring (bicyclic) bond motifs is 7. The van der Waals surface area contributed by atoms with E-state index in [0.717, 1.165) is 5.75 Å². The van der Waals surface area contributed by atoms with Gasteiger partial charge in [-0.05, 0) is 19.4 Å². The summed E-state index contributed by atoms with van der Waals surface area (Å²) in [7, 11) is 2.94. The van der Waals surface area contributed by atoms with E-state index in [1.165, 1.54) is 28.5 Å². The zero-order chi connectivity index (χ0) is 21.2. The van der Waals surface area contributed by atoms with E-state index in [-0.39, 0.29) is 13.0 Å². The molecule has 2 heterocycles. The normalized spacial score (nSPS) is 29.4. The molecule has 0 unspecified atom stereocenters. The van der Waals surface area contributed by atoms with Crippen LogP contribution in [0.1, 0.15) is 19.8 Å². The molecule has 0 saturated carbocycles. The number of ether oxygens (including phenoxy) is 1. The minimum Gasteiger partial charge on any atom is -0.456 e. The first-order valence-electron chi connectivity index (χ1n) is 9.10. The van der Waals surface area contributed by atoms with Gasteiger partial charge in [-0.25, -0.2) is 0 Å². The van der Waals surface area contributed by atoms with E-state index < -0.39 is 54.3 Å². The average molecular weight is 445 g/mol. The molecule has 0 aliphatic carbocycles. The highest BCUT2D eigenvalue weighted by Gasteiger charge is 2.26. The Morgan fingerprint density at radius 1 is 0.966 bits per heavy atom. The Balaban J connectivity index is 2.28. The number of carbonyl (C=O) groups excluding carboxylic acids is 5. The number of rotatable bonds is 0. The van der Waals surface area contributed by atoms with Crippen molar-refractivity contribution in [2.45, 2.75) is 38.0 Å². The van der Waals surface area contributed by atoms with E-state index >= 15 is 0 Å². The SMILES string of the molecule is C[C@@H]1NC(=O)[C@H]2CSSCC/C=C/[C@H](CC(=O)NCC(=O)N2)OC(=O)CNC1=O. The van der Waals surface area contributed by atoms with Gasteiger partial charge in [0.15, 0.2) is 0 Å². The lowest BCUT2D eigenvalue weighted by Crippen LogP contribution is -2.55. The molecule has 10 nitrogen and oxygen atoms in total. The van der Waals surface area contributed by atoms with Gasteiger partial charge in [0, 0.05) is 11.5 Å². The van der Waals surface area contributed by atoms with Crippen LogP contribution >= 0.6 is 21.6 Å². The Labute approximate surface area is 176 Å². The fraction of sp³-hybridized carbons (Fsp3) is 0.588. The first kappa shape index (κ1) is 23.1. The second-order valence-corrected chi connectivity index (χ2v) is 9.03. The molecule has 4 N–H and O–H groups in total. The number of allylic oxidation sites excluding steroid dienone is 1. The molecular formula is C17H24N4O6S2. The minimum atomic E-state index is -0.911. The fourth-order valence-electron chi connectivity index (χ4n) is 2.45. The van der Waals surface area contributed by atoms with Crippen molar-refractivity contribution in [3.8, 4) is 0 Å². The van der Waals surface area contributed by atoms with Crippen molar-refractivity contribution < 1.29 is 28.7 Å². The number of esters is 1. The molecule has 2 aliphatic rings. The standard InChI is InChI=1S/C17H24N4O6S2/c1-10-16(25)19-8-15(24)27-11-4-2-3-5-28-29-9-12(17(26)20-10)21-14(23)7-18-13(22)6-11/h2,4,10-12H,3,5-9H2,1H3,(H,18,22)(H,19,25)(H,20,26)(H,21,23)/b4-2+/t10-,11+,12+/m0/s1. The topological polar surface area (TPSA) is 143 Å². The third-order valence-corrected chi connectivity index (χ3v) is 6.41. The van der Waals surface area contributed by atoms with Crippen LogP contribution in [0.3, 0.4) is 0 Å². The van der Waals surface area contributed by atoms with Gasteiger partial charge >= 0.3 is 5.97 Å². The Kier molecular flexibility index (Phi) is 9.32. The highest BCUT2D eigenvalue weighted by atomic mass is 33.1. The van der Waals surface area contributed by atoms with Crippen molar-refractivity contribution >= 4 is 51.2 Å². The summed E-state index contributed by atoms with van der Waals surface area (Å²) in [5, 5.41) is 9.96. The van der Waals surface area contributed by atoms with Crippen LogP contribution in [-0.2, 0) is 28.7 Å². The van der Waals surface area contributed by atoms with Gasteiger partial charge in [0.25, 0.3) is 0 Å². The molecule has 4 amide bonds. The van der Waals surface area contributed by atoms with Crippen molar-refractivity contribution in [2.75, 3.05) is 24.6 Å². The minimum absolute atomic E-state index is 0.161. The molecule has 1 fully saturated rings. The smallest absolute Gasteiger partial charge is 0.326 e. The van der Waals surface area contributed by atoms with Gasteiger partial charge in [0.1, 0.15) is 24.7 Å². The third-order valence-electron chi connectivity index (χ3n) is 3.96. The van der Waals surface area contributed by atoms with Crippen LogP contribution in [0.25, 0.3) is 0 Å². The number of hydrogen-bond acceptors (Lipinski definition) is 8. The molecule has 3 atom stereocenters. The van der Waals surface area contributed by atoms with Gasteiger partial charge in [-0.1, -0.05) is 27.7 Å². The molecule has 2 rings (SSSR count). The summed E-state index contributed by atoms with van der Waals surface area (Å²) in [5.74, 6) is -1.80. The summed E-state index contributed by atoms with van der Waals surface area (Å²) in [6, 6.07) is -1.79. The molecule has 29 heavy (non-hydrogen) atoms. The van der Waals surface area contributed by atoms with Gasteiger partial charge < -0.3 is 26.0 Å². The lowest BCUT2D eigenvalue weighted by Gasteiger charge is -2.21. The van der Waals surface area contributed by atoms with Gasteiger partial charge in [-0.15, -0.1) is 0 Å². The molecule has 0 aromatic rings. The molecule has 0 radical (unpaired) electrons. The van der Waals surface area contributed by atoms with E-state index in [1.54, 1.807) is 6.08 Å². The van der Waals surface area contributed by atoms with Crippen LogP contribution < -0.4 is 21.3 Å². The van der Waals surface area contributed by atoms with Crippen LogP contribution in [0.4, 0.5) is 0 Å². The van der Waals surface area contributed by atoms with Crippen molar-refractivity contribution in [3.05, 3.63) is 12.2 Å². The molecule has 2 aliphatic heterocycles. The van der Waals surface area contributed by atoms with Crippen LogP contribution in [0.15, 0.2) is 12.2 Å². The first-order chi connectivity index (χ1) is 13.8. The number of nitrogens with one attached hydrogen (secondary N) is 4. The summed E-state index contributed by atoms with van der Waals surface area (Å²) in [5.41, 5.74) is 0. The fourth-order valence-corrected chi connectivity index (χ4v) is 4.61. The maximum absolute atomic E-state index is 12.5. The van der Waals surface area contributed by atoms with Gasteiger partial charge in [0.2, 0.25) is 23.6 Å². The van der Waals surface area contributed by atoms with Crippen LogP contribution in [0.5, 0.6) is 0 Å². The Morgan fingerprint density at radius 3 is 2.55 bits per heavy atom. The highest BCUT2D eigenvalue weighted by Crippen LogP contribution is 2.23. The van der Waals surface area contributed by atoms with Crippen LogP contribution in [0.2, 0.25) is 0 Å². The summed E-state index contributed by atoms with van der Waals surface area (Å²) in [4.78, 5) is 61.0. The van der Waals surface area contributed by atoms with Crippen molar-refractivity contribution in [3.63, 3.8) is 0 Å². The molecule has 160 valence electrons. The van der Waals surface area contributed by atoms with Crippen LogP contribution in [0, 0.1) is 0 Å². The largest absolute Gasteiger partial charge is 0.456 e. The third kappa shape index (κ3) is 8.36. The van der Waals surface area contributed by atoms with Gasteiger partial charge in [-0.2, -0.15) is 0 Å². The summed E-state index contributed by atoms with van der Waals surface area (Å²) < 4.78 is 5.27. The summed E-state index contributed by atoms with van der Waals surface area (Å²) in [6.07, 6.45) is 3.13. The molecule has 2 bridgehead atoms. The van der Waals surface area contributed by atoms with E-state index in [4.69, 9.17) is 4.74 Å². The second kappa shape index (κ2) is 11.7. The lowest BCUT2D eigenvalue weighted by atomic mass is 10.2. The maximum Gasteiger partial charge on any atom is 0.326 e. The highest BCUT2D eigenvalue weighted by molar-refractivity contribution is 8.76. The average Bonchev–Trinajstić information content (AvgIpc) is 2.67. The molecule has 0 aromatic carbocycles. The van der Waals surface area contributed by atoms with E-state index in [1.807, 2.05) is 6.08 Å². The van der Waals surface area contributed by atoms with E-state index in [0.29, 0.717) is 12.2 Å². The van der Waals surface area contributed by atoms with Crippen LogP contribution in [-0.4, -0.2) is 72.4 Å². The zero-order valence-electron chi connectivity index (χ0n) is 15.9. The molecule has 0 spiro atoms. The molecule has 12 heteroatoms. The van der Waals surface area contributed by atoms with E-state index in [9.17, 15) is 24.0 Å². The Morgan fingerprint density at radius 2 is 1.76 bits per heavy atom. The predicted octanol–water partition coefficient (Wildman–Crippen LogP) is -1.13. The Bertz CT molecular complexity index is 687. The maximum atomic E-state index is 12.5. The van der Waals surface area contributed by atoms with Gasteiger partial charge in [-0.3, -0.25) is 24.0 Å².